The number of anilines is 1. The molecule has 1 fully saturated rings. The minimum Gasteiger partial charge on any atom is -0.494 e. The number of hydrogen-bond donors (Lipinski definition) is 1. The van der Waals surface area contributed by atoms with E-state index in [4.69, 9.17) is 9.47 Å². The molecule has 1 aliphatic heterocycles. The van der Waals surface area contributed by atoms with Gasteiger partial charge in [-0.1, -0.05) is 0 Å². The quantitative estimate of drug-likeness (QED) is 0.740. The number of hydrogen-bond acceptors (Lipinski definition) is 8. The van der Waals surface area contributed by atoms with E-state index >= 15 is 0 Å². The molecule has 27 heavy (non-hydrogen) atoms. The predicted molar refractivity (Wildman–Crippen MR) is 94.8 cm³/mol. The van der Waals surface area contributed by atoms with E-state index in [2.05, 4.69) is 19.7 Å². The van der Waals surface area contributed by atoms with E-state index in [1.165, 1.54) is 26.4 Å². The first kappa shape index (κ1) is 19.2. The second-order valence-electron chi connectivity index (χ2n) is 5.85. The largest absolute Gasteiger partial charge is 0.494 e. The highest BCUT2D eigenvalue weighted by molar-refractivity contribution is 7.89. The zero-order valence-electron chi connectivity index (χ0n) is 15.0. The van der Waals surface area contributed by atoms with E-state index in [-0.39, 0.29) is 29.0 Å². The molecule has 0 amide bonds. The highest BCUT2D eigenvalue weighted by atomic mass is 32.2. The molecule has 0 radical (unpaired) electrons. The molecular formula is C16H20FN5O4S. The Balaban J connectivity index is 1.78. The molecule has 0 atom stereocenters. The second-order valence-corrected chi connectivity index (χ2v) is 7.62. The molecule has 0 bridgehead atoms. The van der Waals surface area contributed by atoms with E-state index in [0.29, 0.717) is 5.95 Å². The first-order chi connectivity index (χ1) is 12.9. The maximum atomic E-state index is 13.8. The number of aromatic nitrogens is 3. The molecule has 0 saturated carbocycles. The van der Waals surface area contributed by atoms with Gasteiger partial charge in [-0.05, 0) is 31.0 Å². The normalized spacial score (nSPS) is 14.4. The lowest BCUT2D eigenvalue weighted by molar-refractivity contribution is 0.375. The van der Waals surface area contributed by atoms with E-state index in [1.54, 1.807) is 0 Å². The van der Waals surface area contributed by atoms with Crippen LogP contribution >= 0.6 is 0 Å². The van der Waals surface area contributed by atoms with Gasteiger partial charge in [-0.15, -0.1) is 0 Å². The summed E-state index contributed by atoms with van der Waals surface area (Å²) in [4.78, 5) is 14.4. The third-order valence-corrected chi connectivity index (χ3v) is 5.47. The molecule has 1 aromatic heterocycles. The van der Waals surface area contributed by atoms with Crippen LogP contribution in [0.4, 0.5) is 10.3 Å². The van der Waals surface area contributed by atoms with Crippen molar-refractivity contribution in [3.8, 4) is 11.8 Å². The molecule has 3 rings (SSSR count). The molecule has 9 nitrogen and oxygen atoms in total. The average molecular weight is 397 g/mol. The molecule has 146 valence electrons. The van der Waals surface area contributed by atoms with Gasteiger partial charge in [-0.3, -0.25) is 0 Å². The zero-order chi connectivity index (χ0) is 19.4. The van der Waals surface area contributed by atoms with Crippen LogP contribution in [0.1, 0.15) is 18.7 Å². The lowest BCUT2D eigenvalue weighted by Crippen LogP contribution is -2.26. The van der Waals surface area contributed by atoms with Crippen LogP contribution in [-0.2, 0) is 16.6 Å². The van der Waals surface area contributed by atoms with Crippen molar-refractivity contribution < 1.29 is 22.3 Å². The van der Waals surface area contributed by atoms with Crippen molar-refractivity contribution in [3.05, 3.63) is 29.8 Å². The number of nitrogens with one attached hydrogen (secondary N) is 1. The number of benzene rings is 1. The number of rotatable bonds is 7. The van der Waals surface area contributed by atoms with Crippen LogP contribution in [0, 0.1) is 5.82 Å². The summed E-state index contributed by atoms with van der Waals surface area (Å²) < 4.78 is 50.9. The predicted octanol–water partition coefficient (Wildman–Crippen LogP) is 1.11. The monoisotopic (exact) mass is 397 g/mol. The third kappa shape index (κ3) is 4.42. The molecule has 1 aliphatic rings. The molecule has 0 spiro atoms. The Kier molecular flexibility index (Phi) is 5.71. The fourth-order valence-electron chi connectivity index (χ4n) is 2.67. The Morgan fingerprint density at radius 1 is 1.15 bits per heavy atom. The van der Waals surface area contributed by atoms with Crippen molar-refractivity contribution in [1.82, 2.24) is 19.7 Å². The molecule has 2 aromatic rings. The van der Waals surface area contributed by atoms with E-state index in [0.717, 1.165) is 32.0 Å². The highest BCUT2D eigenvalue weighted by Crippen LogP contribution is 2.21. The summed E-state index contributed by atoms with van der Waals surface area (Å²) in [6.45, 7) is 1.46. The van der Waals surface area contributed by atoms with E-state index in [1.807, 2.05) is 4.90 Å². The summed E-state index contributed by atoms with van der Waals surface area (Å²) in [5.74, 6) is -0.143. The summed E-state index contributed by atoms with van der Waals surface area (Å²) in [6, 6.07) is 3.51. The fourth-order valence-corrected chi connectivity index (χ4v) is 3.66. The van der Waals surface area contributed by atoms with Crippen LogP contribution in [-0.4, -0.2) is 50.7 Å². The van der Waals surface area contributed by atoms with Gasteiger partial charge >= 0.3 is 6.01 Å². The van der Waals surface area contributed by atoms with Gasteiger partial charge in [0.1, 0.15) is 0 Å². The Labute approximate surface area is 156 Å². The van der Waals surface area contributed by atoms with Crippen LogP contribution in [0.15, 0.2) is 23.1 Å². The number of sulfonamides is 1. The topological polar surface area (TPSA) is 107 Å². The van der Waals surface area contributed by atoms with Crippen LogP contribution in [0.2, 0.25) is 0 Å². The van der Waals surface area contributed by atoms with Crippen molar-refractivity contribution in [1.29, 1.82) is 0 Å². The van der Waals surface area contributed by atoms with Crippen LogP contribution in [0.5, 0.6) is 11.8 Å². The number of nitrogens with zero attached hydrogens (tertiary/aromatic N) is 4. The van der Waals surface area contributed by atoms with Gasteiger partial charge in [0, 0.05) is 13.1 Å². The maximum absolute atomic E-state index is 13.8. The van der Waals surface area contributed by atoms with Crippen molar-refractivity contribution in [2.75, 3.05) is 32.2 Å². The van der Waals surface area contributed by atoms with Gasteiger partial charge < -0.3 is 14.4 Å². The molecule has 1 aromatic carbocycles. The number of ether oxygens (including phenoxy) is 2. The molecular weight excluding hydrogens is 377 g/mol. The summed E-state index contributed by atoms with van der Waals surface area (Å²) in [7, 11) is -1.23. The van der Waals surface area contributed by atoms with Gasteiger partial charge in [0.15, 0.2) is 17.4 Å². The minimum absolute atomic E-state index is 0.0357. The summed E-state index contributed by atoms with van der Waals surface area (Å²) in [5, 5.41) is 0. The van der Waals surface area contributed by atoms with Crippen molar-refractivity contribution >= 4 is 16.0 Å². The van der Waals surface area contributed by atoms with Crippen molar-refractivity contribution in [3.63, 3.8) is 0 Å². The number of methoxy groups -OCH3 is 2. The van der Waals surface area contributed by atoms with Crippen molar-refractivity contribution in [2.24, 2.45) is 0 Å². The first-order valence-electron chi connectivity index (χ1n) is 8.30. The Bertz CT molecular complexity index is 919. The van der Waals surface area contributed by atoms with Crippen LogP contribution in [0.25, 0.3) is 0 Å². The van der Waals surface area contributed by atoms with Gasteiger partial charge in [0.05, 0.1) is 25.7 Å². The SMILES string of the molecule is COc1nc(CNS(=O)(=O)c2ccc(OC)c(F)c2)nc(N2CCCC2)n1. The summed E-state index contributed by atoms with van der Waals surface area (Å²) in [5.41, 5.74) is 0. The second kappa shape index (κ2) is 8.01. The molecule has 0 unspecified atom stereocenters. The smallest absolute Gasteiger partial charge is 0.321 e. The van der Waals surface area contributed by atoms with Crippen LogP contribution < -0.4 is 19.1 Å². The molecule has 1 N–H and O–H groups in total. The van der Waals surface area contributed by atoms with E-state index in [9.17, 15) is 12.8 Å². The Morgan fingerprint density at radius 3 is 2.52 bits per heavy atom. The standard InChI is InChI=1S/C16H20FN5O4S/c1-25-13-6-5-11(9-12(13)17)27(23,24)18-10-14-19-15(21-16(20-14)26-2)22-7-3-4-8-22/h5-6,9,18H,3-4,7-8,10H2,1-2H3. The Morgan fingerprint density at radius 2 is 1.89 bits per heavy atom. The molecule has 2 heterocycles. The highest BCUT2D eigenvalue weighted by Gasteiger charge is 2.20. The average Bonchev–Trinajstić information content (AvgIpc) is 3.21. The minimum atomic E-state index is -3.96. The fraction of sp³-hybridized carbons (Fsp3) is 0.438. The van der Waals surface area contributed by atoms with E-state index < -0.39 is 15.8 Å². The van der Waals surface area contributed by atoms with Crippen LogP contribution in [0.3, 0.4) is 0 Å². The summed E-state index contributed by atoms with van der Waals surface area (Å²) >= 11 is 0. The van der Waals surface area contributed by atoms with Crippen molar-refractivity contribution in [2.45, 2.75) is 24.3 Å². The molecule has 11 heteroatoms. The van der Waals surface area contributed by atoms with Gasteiger partial charge in [-0.2, -0.15) is 15.0 Å². The lowest BCUT2D eigenvalue weighted by Gasteiger charge is -2.16. The van der Waals surface area contributed by atoms with Gasteiger partial charge in [0.2, 0.25) is 16.0 Å². The zero-order valence-corrected chi connectivity index (χ0v) is 15.8. The Hall–Kier alpha value is -2.53. The third-order valence-electron chi connectivity index (χ3n) is 4.07. The molecule has 0 aliphatic carbocycles. The molecule has 1 saturated heterocycles. The van der Waals surface area contributed by atoms with Gasteiger partial charge in [0.25, 0.3) is 0 Å². The first-order valence-corrected chi connectivity index (χ1v) is 9.78. The van der Waals surface area contributed by atoms with Gasteiger partial charge in [-0.25, -0.2) is 17.5 Å². The maximum Gasteiger partial charge on any atom is 0.321 e. The summed E-state index contributed by atoms with van der Waals surface area (Å²) in [6.07, 6.45) is 2.08. The lowest BCUT2D eigenvalue weighted by atomic mass is 10.3. The number of halogens is 1.